The summed E-state index contributed by atoms with van der Waals surface area (Å²) >= 11 is 12.2. The van der Waals surface area contributed by atoms with Crippen LogP contribution >= 0.6 is 23.2 Å². The largest absolute Gasteiger partial charge is 0.460 e. The zero-order valence-corrected chi connectivity index (χ0v) is 11.2. The molecule has 1 saturated carbocycles. The molecule has 0 bridgehead atoms. The predicted molar refractivity (Wildman–Crippen MR) is 72.1 cm³/mol. The van der Waals surface area contributed by atoms with Crippen LogP contribution in [0.1, 0.15) is 31.9 Å². The lowest BCUT2D eigenvalue weighted by molar-refractivity contribution is 0.381. The van der Waals surface area contributed by atoms with Crippen LogP contribution in [0.5, 0.6) is 0 Å². The molecule has 3 heteroatoms. The van der Waals surface area contributed by atoms with Crippen molar-refractivity contribution in [2.24, 2.45) is 0 Å². The average molecular weight is 269 g/mol. The van der Waals surface area contributed by atoms with Crippen LogP contribution < -0.4 is 0 Å². The van der Waals surface area contributed by atoms with E-state index in [4.69, 9.17) is 27.6 Å². The van der Waals surface area contributed by atoms with E-state index in [0.29, 0.717) is 0 Å². The van der Waals surface area contributed by atoms with Crippen LogP contribution in [0.3, 0.4) is 0 Å². The molecule has 2 aromatic rings. The summed E-state index contributed by atoms with van der Waals surface area (Å²) in [4.78, 5) is 0. The fourth-order valence-electron chi connectivity index (χ4n) is 2.70. The quantitative estimate of drug-likeness (QED) is 0.653. The lowest BCUT2D eigenvalue weighted by Crippen LogP contribution is -2.16. The Hall–Kier alpha value is -0.660. The maximum atomic E-state index is 6.21. The lowest BCUT2D eigenvalue weighted by atomic mass is 9.86. The highest BCUT2D eigenvalue weighted by atomic mass is 35.5. The number of hydrogen-bond acceptors (Lipinski definition) is 1. The Bertz CT molecular complexity index is 560. The number of benzene rings is 1. The maximum absolute atomic E-state index is 6.21. The lowest BCUT2D eigenvalue weighted by Gasteiger charge is -2.20. The topological polar surface area (TPSA) is 13.1 Å². The van der Waals surface area contributed by atoms with E-state index in [9.17, 15) is 0 Å². The van der Waals surface area contributed by atoms with Gasteiger partial charge < -0.3 is 4.42 Å². The van der Waals surface area contributed by atoms with E-state index in [1.807, 2.05) is 18.2 Å². The minimum atomic E-state index is 0.0813. The van der Waals surface area contributed by atoms with Gasteiger partial charge in [-0.25, -0.2) is 0 Å². The molecule has 3 rings (SSSR count). The third kappa shape index (κ3) is 1.96. The second-order valence-electron chi connectivity index (χ2n) is 5.19. The Labute approximate surface area is 111 Å². The highest BCUT2D eigenvalue weighted by Crippen LogP contribution is 2.44. The van der Waals surface area contributed by atoms with E-state index in [1.165, 1.54) is 0 Å². The molecular weight excluding hydrogens is 255 g/mol. The molecule has 1 aliphatic carbocycles. The first kappa shape index (κ1) is 11.4. The van der Waals surface area contributed by atoms with Crippen molar-refractivity contribution in [3.63, 3.8) is 0 Å². The minimum absolute atomic E-state index is 0.0813. The molecule has 0 radical (unpaired) electrons. The monoisotopic (exact) mass is 268 g/mol. The van der Waals surface area contributed by atoms with E-state index >= 15 is 0 Å². The van der Waals surface area contributed by atoms with Crippen LogP contribution in [-0.2, 0) is 5.41 Å². The van der Waals surface area contributed by atoms with E-state index in [1.54, 1.807) is 0 Å². The second-order valence-corrected chi connectivity index (χ2v) is 6.25. The summed E-state index contributed by atoms with van der Waals surface area (Å²) in [5.41, 5.74) is 0.987. The molecule has 1 aliphatic rings. The summed E-state index contributed by atoms with van der Waals surface area (Å²) in [6.45, 7) is 2.23. The summed E-state index contributed by atoms with van der Waals surface area (Å²) in [5, 5.41) is 2.10. The number of fused-ring (bicyclic) bond motifs is 1. The van der Waals surface area contributed by atoms with Crippen molar-refractivity contribution in [1.29, 1.82) is 0 Å². The zero-order chi connectivity index (χ0) is 12.0. The number of rotatable bonds is 1. The molecule has 0 spiro atoms. The molecule has 17 heavy (non-hydrogen) atoms. The van der Waals surface area contributed by atoms with Gasteiger partial charge in [0.05, 0.1) is 0 Å². The van der Waals surface area contributed by atoms with Gasteiger partial charge in [-0.05, 0) is 43.5 Å². The van der Waals surface area contributed by atoms with Gasteiger partial charge in [-0.3, -0.25) is 0 Å². The Morgan fingerprint density at radius 3 is 2.88 bits per heavy atom. The molecule has 2 atom stereocenters. The van der Waals surface area contributed by atoms with Crippen LogP contribution in [0.2, 0.25) is 5.02 Å². The van der Waals surface area contributed by atoms with Gasteiger partial charge >= 0.3 is 0 Å². The maximum Gasteiger partial charge on any atom is 0.134 e. The number of alkyl halides is 1. The predicted octanol–water partition coefficient (Wildman–Crippen LogP) is 5.14. The van der Waals surface area contributed by atoms with Crippen molar-refractivity contribution in [1.82, 2.24) is 0 Å². The van der Waals surface area contributed by atoms with Crippen LogP contribution in [0, 0.1) is 0 Å². The van der Waals surface area contributed by atoms with E-state index in [-0.39, 0.29) is 10.8 Å². The standard InChI is InChI=1S/C14H14Cl2O/c1-14(5-4-11(16)8-14)13-7-9-6-10(15)2-3-12(9)17-13/h2-3,6-7,11H,4-5,8H2,1H3. The molecule has 0 aliphatic heterocycles. The summed E-state index contributed by atoms with van der Waals surface area (Å²) in [6, 6.07) is 7.84. The van der Waals surface area contributed by atoms with Gasteiger partial charge in [0, 0.05) is 21.2 Å². The Morgan fingerprint density at radius 1 is 1.35 bits per heavy atom. The average Bonchev–Trinajstić information content (AvgIpc) is 2.83. The smallest absolute Gasteiger partial charge is 0.134 e. The highest BCUT2D eigenvalue weighted by molar-refractivity contribution is 6.31. The molecule has 0 N–H and O–H groups in total. The van der Waals surface area contributed by atoms with Gasteiger partial charge in [0.2, 0.25) is 0 Å². The van der Waals surface area contributed by atoms with E-state index in [2.05, 4.69) is 13.0 Å². The van der Waals surface area contributed by atoms with Crippen LogP contribution in [-0.4, -0.2) is 5.38 Å². The molecule has 1 nitrogen and oxygen atoms in total. The van der Waals surface area contributed by atoms with Crippen molar-refractivity contribution in [3.8, 4) is 0 Å². The van der Waals surface area contributed by atoms with Crippen molar-refractivity contribution in [2.45, 2.75) is 37.0 Å². The molecule has 1 aromatic heterocycles. The van der Waals surface area contributed by atoms with Crippen LogP contribution in [0.15, 0.2) is 28.7 Å². The van der Waals surface area contributed by atoms with Crippen LogP contribution in [0.25, 0.3) is 11.0 Å². The molecular formula is C14H14Cl2O. The molecule has 0 amide bonds. The molecule has 90 valence electrons. The zero-order valence-electron chi connectivity index (χ0n) is 9.67. The fourth-order valence-corrected chi connectivity index (χ4v) is 3.33. The van der Waals surface area contributed by atoms with E-state index < -0.39 is 0 Å². The van der Waals surface area contributed by atoms with E-state index in [0.717, 1.165) is 41.0 Å². The van der Waals surface area contributed by atoms with Crippen molar-refractivity contribution >= 4 is 34.2 Å². The van der Waals surface area contributed by atoms with Gasteiger partial charge in [-0.15, -0.1) is 11.6 Å². The summed E-state index contributed by atoms with van der Waals surface area (Å²) in [5.74, 6) is 1.04. The molecule has 0 saturated heterocycles. The van der Waals surface area contributed by atoms with Gasteiger partial charge in [0.15, 0.2) is 0 Å². The number of halogens is 2. The van der Waals surface area contributed by atoms with Gasteiger partial charge in [0.1, 0.15) is 11.3 Å². The highest BCUT2D eigenvalue weighted by Gasteiger charge is 2.38. The second kappa shape index (κ2) is 3.93. The third-order valence-corrected chi connectivity index (χ3v) is 4.36. The van der Waals surface area contributed by atoms with Gasteiger partial charge in [-0.2, -0.15) is 0 Å². The first-order valence-corrected chi connectivity index (χ1v) is 6.72. The minimum Gasteiger partial charge on any atom is -0.460 e. The van der Waals surface area contributed by atoms with Crippen molar-refractivity contribution in [2.75, 3.05) is 0 Å². The Balaban J connectivity index is 2.06. The molecule has 1 fully saturated rings. The SMILES string of the molecule is CC1(c2cc3cc(Cl)ccc3o2)CCC(Cl)C1. The first-order chi connectivity index (χ1) is 8.07. The van der Waals surface area contributed by atoms with Crippen molar-refractivity contribution in [3.05, 3.63) is 35.0 Å². The molecule has 1 heterocycles. The first-order valence-electron chi connectivity index (χ1n) is 5.90. The summed E-state index contributed by atoms with van der Waals surface area (Å²) in [7, 11) is 0. The normalized spacial score (nSPS) is 29.0. The van der Waals surface area contributed by atoms with Crippen molar-refractivity contribution < 1.29 is 4.42 Å². The van der Waals surface area contributed by atoms with Gasteiger partial charge in [0.25, 0.3) is 0 Å². The van der Waals surface area contributed by atoms with Gasteiger partial charge in [-0.1, -0.05) is 18.5 Å². The van der Waals surface area contributed by atoms with Crippen LogP contribution in [0.4, 0.5) is 0 Å². The fraction of sp³-hybridized carbons (Fsp3) is 0.429. The summed E-state index contributed by atoms with van der Waals surface area (Å²) < 4.78 is 5.94. The molecule has 2 unspecified atom stereocenters. The summed E-state index contributed by atoms with van der Waals surface area (Å²) in [6.07, 6.45) is 3.15. The Morgan fingerprint density at radius 2 is 2.18 bits per heavy atom. The Kier molecular flexibility index (Phi) is 2.64. The molecule has 1 aromatic carbocycles. The number of furan rings is 1. The third-order valence-electron chi connectivity index (χ3n) is 3.75. The number of hydrogen-bond donors (Lipinski definition) is 0.